The standard InChI is InChI=1S/C12H21N5OS/c1-12(2,3)17-10(18)5-6-14-9-7-8(13)15-11(16-9)19-4/h7H,5-6H2,1-4H3,(H,17,18)(H3,13,14,15,16). The van der Waals surface area contributed by atoms with Crippen LogP contribution in [-0.4, -0.2) is 34.2 Å². The van der Waals surface area contributed by atoms with Gasteiger partial charge >= 0.3 is 0 Å². The quantitative estimate of drug-likeness (QED) is 0.560. The van der Waals surface area contributed by atoms with E-state index in [0.29, 0.717) is 29.8 Å². The van der Waals surface area contributed by atoms with Gasteiger partial charge in [-0.25, -0.2) is 9.97 Å². The molecule has 1 heterocycles. The first-order chi connectivity index (χ1) is 8.80. The Kier molecular flexibility index (Phi) is 5.41. The maximum atomic E-state index is 11.6. The summed E-state index contributed by atoms with van der Waals surface area (Å²) in [5.41, 5.74) is 5.46. The van der Waals surface area contributed by atoms with Crippen molar-refractivity contribution in [2.75, 3.05) is 23.9 Å². The second kappa shape index (κ2) is 6.60. The molecule has 7 heteroatoms. The number of carbonyl (C=O) groups excluding carboxylic acids is 1. The largest absolute Gasteiger partial charge is 0.383 e. The first kappa shape index (κ1) is 15.6. The van der Waals surface area contributed by atoms with Crippen LogP contribution >= 0.6 is 11.8 Å². The van der Waals surface area contributed by atoms with Crippen LogP contribution in [0.5, 0.6) is 0 Å². The average molecular weight is 283 g/mol. The predicted octanol–water partition coefficient (Wildman–Crippen LogP) is 1.50. The van der Waals surface area contributed by atoms with Crippen LogP contribution in [0, 0.1) is 0 Å². The van der Waals surface area contributed by atoms with Crippen LogP contribution in [0.15, 0.2) is 11.2 Å². The molecule has 0 unspecified atom stereocenters. The van der Waals surface area contributed by atoms with Crippen molar-refractivity contribution in [1.29, 1.82) is 0 Å². The van der Waals surface area contributed by atoms with E-state index in [4.69, 9.17) is 5.73 Å². The zero-order valence-corrected chi connectivity index (χ0v) is 12.6. The van der Waals surface area contributed by atoms with E-state index < -0.39 is 0 Å². The van der Waals surface area contributed by atoms with Crippen LogP contribution in [0.3, 0.4) is 0 Å². The Hall–Kier alpha value is -1.50. The Balaban J connectivity index is 2.45. The molecule has 6 nitrogen and oxygen atoms in total. The molecule has 0 spiro atoms. The Morgan fingerprint density at radius 3 is 2.68 bits per heavy atom. The van der Waals surface area contributed by atoms with Gasteiger partial charge in [-0.05, 0) is 27.0 Å². The Labute approximate surface area is 118 Å². The number of rotatable bonds is 5. The summed E-state index contributed by atoms with van der Waals surface area (Å²) in [5.74, 6) is 1.06. The van der Waals surface area contributed by atoms with Gasteiger partial charge in [-0.2, -0.15) is 0 Å². The highest BCUT2D eigenvalue weighted by atomic mass is 32.2. The van der Waals surface area contributed by atoms with E-state index in [1.54, 1.807) is 6.07 Å². The fraction of sp³-hybridized carbons (Fsp3) is 0.583. The summed E-state index contributed by atoms with van der Waals surface area (Å²) in [7, 11) is 0. The Morgan fingerprint density at radius 2 is 2.11 bits per heavy atom. The fourth-order valence-corrected chi connectivity index (χ4v) is 1.80. The number of nitrogens with one attached hydrogen (secondary N) is 2. The van der Waals surface area contributed by atoms with Crippen LogP contribution in [-0.2, 0) is 4.79 Å². The van der Waals surface area contributed by atoms with E-state index in [2.05, 4.69) is 20.6 Å². The monoisotopic (exact) mass is 283 g/mol. The fourth-order valence-electron chi connectivity index (χ4n) is 1.41. The lowest BCUT2D eigenvalue weighted by atomic mass is 10.1. The highest BCUT2D eigenvalue weighted by molar-refractivity contribution is 7.98. The molecular formula is C12H21N5OS. The molecule has 0 bridgehead atoms. The third-order valence-electron chi connectivity index (χ3n) is 2.08. The maximum absolute atomic E-state index is 11.6. The summed E-state index contributed by atoms with van der Waals surface area (Å²) < 4.78 is 0. The number of nitrogens with two attached hydrogens (primary N) is 1. The number of nitrogen functional groups attached to an aromatic ring is 1. The Bertz CT molecular complexity index is 444. The van der Waals surface area contributed by atoms with Crippen molar-refractivity contribution in [3.8, 4) is 0 Å². The third-order valence-corrected chi connectivity index (χ3v) is 2.63. The van der Waals surface area contributed by atoms with Crippen molar-refractivity contribution in [2.45, 2.75) is 37.9 Å². The van der Waals surface area contributed by atoms with Crippen molar-refractivity contribution in [1.82, 2.24) is 15.3 Å². The van der Waals surface area contributed by atoms with Crippen molar-refractivity contribution in [3.63, 3.8) is 0 Å². The number of anilines is 2. The first-order valence-corrected chi connectivity index (χ1v) is 7.26. The zero-order valence-electron chi connectivity index (χ0n) is 11.8. The van der Waals surface area contributed by atoms with Crippen LogP contribution in [0.2, 0.25) is 0 Å². The zero-order chi connectivity index (χ0) is 14.5. The van der Waals surface area contributed by atoms with Crippen LogP contribution in [0.25, 0.3) is 0 Å². The maximum Gasteiger partial charge on any atom is 0.222 e. The molecule has 0 aliphatic heterocycles. The van der Waals surface area contributed by atoms with Crippen molar-refractivity contribution in [2.24, 2.45) is 0 Å². The number of hydrogen-bond donors (Lipinski definition) is 3. The molecule has 0 fully saturated rings. The third kappa shape index (κ3) is 6.28. The highest BCUT2D eigenvalue weighted by Crippen LogP contribution is 2.14. The molecule has 19 heavy (non-hydrogen) atoms. The number of aromatic nitrogens is 2. The summed E-state index contributed by atoms with van der Waals surface area (Å²) in [4.78, 5) is 19.9. The number of hydrogen-bond acceptors (Lipinski definition) is 6. The van der Waals surface area contributed by atoms with E-state index in [9.17, 15) is 4.79 Å². The molecule has 0 aromatic carbocycles. The molecule has 0 radical (unpaired) electrons. The molecule has 1 amide bonds. The number of thioether (sulfide) groups is 1. The molecule has 0 atom stereocenters. The van der Waals surface area contributed by atoms with Gasteiger partial charge in [0.1, 0.15) is 11.6 Å². The Morgan fingerprint density at radius 1 is 1.42 bits per heavy atom. The van der Waals surface area contributed by atoms with Crippen LogP contribution in [0.4, 0.5) is 11.6 Å². The van der Waals surface area contributed by atoms with Crippen LogP contribution < -0.4 is 16.4 Å². The van der Waals surface area contributed by atoms with E-state index in [1.807, 2.05) is 27.0 Å². The molecule has 106 valence electrons. The van der Waals surface area contributed by atoms with Crippen molar-refractivity contribution in [3.05, 3.63) is 6.07 Å². The topological polar surface area (TPSA) is 92.9 Å². The molecule has 1 aromatic heterocycles. The summed E-state index contributed by atoms with van der Waals surface area (Å²) in [5, 5.41) is 6.58. The molecule has 0 aliphatic rings. The summed E-state index contributed by atoms with van der Waals surface area (Å²) >= 11 is 1.42. The van der Waals surface area contributed by atoms with Crippen molar-refractivity contribution >= 4 is 29.3 Å². The van der Waals surface area contributed by atoms with Crippen molar-refractivity contribution < 1.29 is 4.79 Å². The van der Waals surface area contributed by atoms with Gasteiger partial charge in [0.2, 0.25) is 5.91 Å². The van der Waals surface area contributed by atoms with Gasteiger partial charge in [-0.3, -0.25) is 4.79 Å². The molecule has 4 N–H and O–H groups in total. The van der Waals surface area contributed by atoms with Gasteiger partial charge in [0, 0.05) is 24.6 Å². The minimum Gasteiger partial charge on any atom is -0.383 e. The van der Waals surface area contributed by atoms with Gasteiger partial charge in [-0.15, -0.1) is 0 Å². The van der Waals surface area contributed by atoms with Gasteiger partial charge in [0.15, 0.2) is 5.16 Å². The second-order valence-electron chi connectivity index (χ2n) is 5.14. The number of amides is 1. The number of carbonyl (C=O) groups is 1. The molecule has 1 rings (SSSR count). The lowest BCUT2D eigenvalue weighted by Gasteiger charge is -2.20. The highest BCUT2D eigenvalue weighted by Gasteiger charge is 2.13. The summed E-state index contributed by atoms with van der Waals surface area (Å²) in [6, 6.07) is 1.65. The normalized spacial score (nSPS) is 11.2. The van der Waals surface area contributed by atoms with Gasteiger partial charge in [-0.1, -0.05) is 11.8 Å². The summed E-state index contributed by atoms with van der Waals surface area (Å²) in [6.45, 7) is 6.36. The lowest BCUT2D eigenvalue weighted by molar-refractivity contribution is -0.122. The molecule has 0 saturated carbocycles. The average Bonchev–Trinajstić information content (AvgIpc) is 2.25. The van der Waals surface area contributed by atoms with E-state index >= 15 is 0 Å². The smallest absolute Gasteiger partial charge is 0.222 e. The first-order valence-electron chi connectivity index (χ1n) is 6.03. The van der Waals surface area contributed by atoms with Gasteiger partial charge in [0.05, 0.1) is 0 Å². The summed E-state index contributed by atoms with van der Waals surface area (Å²) in [6.07, 6.45) is 2.27. The number of nitrogens with zero attached hydrogens (tertiary/aromatic N) is 2. The van der Waals surface area contributed by atoms with Gasteiger partial charge in [0.25, 0.3) is 0 Å². The van der Waals surface area contributed by atoms with E-state index in [-0.39, 0.29) is 11.4 Å². The molecule has 1 aromatic rings. The molecule has 0 aliphatic carbocycles. The molecular weight excluding hydrogens is 262 g/mol. The minimum absolute atomic E-state index is 0.00659. The SMILES string of the molecule is CSc1nc(N)cc(NCCC(=O)NC(C)(C)C)n1. The molecule has 0 saturated heterocycles. The predicted molar refractivity (Wildman–Crippen MR) is 79.2 cm³/mol. The van der Waals surface area contributed by atoms with Gasteiger partial charge < -0.3 is 16.4 Å². The minimum atomic E-state index is -0.206. The van der Waals surface area contributed by atoms with E-state index in [0.717, 1.165) is 0 Å². The van der Waals surface area contributed by atoms with Crippen LogP contribution in [0.1, 0.15) is 27.2 Å². The van der Waals surface area contributed by atoms with E-state index in [1.165, 1.54) is 11.8 Å². The second-order valence-corrected chi connectivity index (χ2v) is 5.91. The lowest BCUT2D eigenvalue weighted by Crippen LogP contribution is -2.41.